The van der Waals surface area contributed by atoms with E-state index >= 15 is 0 Å². The van der Waals surface area contributed by atoms with Crippen molar-refractivity contribution in [3.63, 3.8) is 0 Å². The van der Waals surface area contributed by atoms with Gasteiger partial charge >= 0.3 is 0 Å². The smallest absolute Gasteiger partial charge is 0.255 e. The Morgan fingerprint density at radius 2 is 1.58 bits per heavy atom. The summed E-state index contributed by atoms with van der Waals surface area (Å²) in [5, 5.41) is 3.49. The highest BCUT2D eigenvalue weighted by molar-refractivity contribution is 6.35. The predicted octanol–water partition coefficient (Wildman–Crippen LogP) is 3.90. The number of carbonyl (C=O) groups excluding carboxylic acids is 3. The van der Waals surface area contributed by atoms with Crippen molar-refractivity contribution in [3.05, 3.63) is 58.1 Å². The Kier molecular flexibility index (Phi) is 4.55. The first-order valence-corrected chi connectivity index (χ1v) is 7.93. The molecule has 0 unspecified atom stereocenters. The van der Waals surface area contributed by atoms with E-state index in [1.165, 1.54) is 6.07 Å². The van der Waals surface area contributed by atoms with Crippen LogP contribution in [0.2, 0.25) is 10.0 Å². The van der Waals surface area contributed by atoms with Gasteiger partial charge in [0.2, 0.25) is 11.8 Å². The molecule has 0 radical (unpaired) electrons. The molecule has 0 aromatic heterocycles. The van der Waals surface area contributed by atoms with Crippen molar-refractivity contribution in [1.29, 1.82) is 0 Å². The van der Waals surface area contributed by atoms with Gasteiger partial charge in [-0.1, -0.05) is 29.3 Å². The number of hydrogen-bond donors (Lipinski definition) is 1. The Labute approximate surface area is 148 Å². The van der Waals surface area contributed by atoms with Gasteiger partial charge in [-0.2, -0.15) is 0 Å². The molecule has 122 valence electrons. The lowest BCUT2D eigenvalue weighted by atomic mass is 10.1. The van der Waals surface area contributed by atoms with Gasteiger partial charge in [0.25, 0.3) is 5.91 Å². The van der Waals surface area contributed by atoms with Gasteiger partial charge in [-0.05, 0) is 36.4 Å². The van der Waals surface area contributed by atoms with E-state index < -0.39 is 5.91 Å². The van der Waals surface area contributed by atoms with Crippen LogP contribution >= 0.6 is 23.2 Å². The van der Waals surface area contributed by atoms with Crippen LogP contribution in [-0.2, 0) is 9.59 Å². The lowest BCUT2D eigenvalue weighted by Gasteiger charge is -2.15. The minimum atomic E-state index is -0.394. The minimum Gasteiger partial charge on any atom is -0.322 e. The number of nitrogens with zero attached hydrogens (tertiary/aromatic N) is 1. The summed E-state index contributed by atoms with van der Waals surface area (Å²) in [6, 6.07) is 11.0. The summed E-state index contributed by atoms with van der Waals surface area (Å²) in [6.45, 7) is 0. The van der Waals surface area contributed by atoms with Crippen molar-refractivity contribution >= 4 is 52.3 Å². The molecule has 0 spiro atoms. The van der Waals surface area contributed by atoms with E-state index in [9.17, 15) is 14.4 Å². The van der Waals surface area contributed by atoms with Gasteiger partial charge in [-0.3, -0.25) is 19.3 Å². The molecule has 0 saturated carbocycles. The average molecular weight is 363 g/mol. The number of nitrogens with one attached hydrogen (secondary N) is 1. The van der Waals surface area contributed by atoms with Gasteiger partial charge < -0.3 is 5.32 Å². The summed E-state index contributed by atoms with van der Waals surface area (Å²) < 4.78 is 0. The first-order valence-electron chi connectivity index (χ1n) is 7.17. The first kappa shape index (κ1) is 16.5. The minimum absolute atomic E-state index is 0.191. The van der Waals surface area contributed by atoms with E-state index in [0.717, 1.165) is 4.90 Å². The van der Waals surface area contributed by atoms with Crippen molar-refractivity contribution in [2.45, 2.75) is 12.8 Å². The van der Waals surface area contributed by atoms with Crippen LogP contribution in [0.4, 0.5) is 11.4 Å². The molecular weight excluding hydrogens is 351 g/mol. The summed E-state index contributed by atoms with van der Waals surface area (Å²) in [6.07, 6.45) is 0.381. The molecular formula is C17H12Cl2N2O3. The highest BCUT2D eigenvalue weighted by Gasteiger charge is 2.30. The zero-order chi connectivity index (χ0) is 17.3. The van der Waals surface area contributed by atoms with Crippen LogP contribution in [0.1, 0.15) is 23.2 Å². The van der Waals surface area contributed by atoms with E-state index in [2.05, 4.69) is 5.32 Å². The second kappa shape index (κ2) is 6.63. The van der Waals surface area contributed by atoms with Crippen LogP contribution in [0, 0.1) is 0 Å². The van der Waals surface area contributed by atoms with E-state index in [1.807, 2.05) is 0 Å². The second-order valence-corrected chi connectivity index (χ2v) is 6.16. The zero-order valence-corrected chi connectivity index (χ0v) is 13.9. The molecule has 2 aromatic rings. The topological polar surface area (TPSA) is 66.5 Å². The van der Waals surface area contributed by atoms with Crippen molar-refractivity contribution in [2.75, 3.05) is 10.2 Å². The number of imide groups is 1. The van der Waals surface area contributed by atoms with Gasteiger partial charge in [-0.15, -0.1) is 0 Å². The molecule has 5 nitrogen and oxygen atoms in total. The highest BCUT2D eigenvalue weighted by Crippen LogP contribution is 2.25. The van der Waals surface area contributed by atoms with Crippen LogP contribution in [0.15, 0.2) is 42.5 Å². The van der Waals surface area contributed by atoms with E-state index in [0.29, 0.717) is 27.0 Å². The van der Waals surface area contributed by atoms with Gasteiger partial charge in [0, 0.05) is 34.1 Å². The van der Waals surface area contributed by atoms with Crippen molar-refractivity contribution < 1.29 is 14.4 Å². The fourth-order valence-electron chi connectivity index (χ4n) is 2.48. The average Bonchev–Trinajstić information content (AvgIpc) is 2.85. The Morgan fingerprint density at radius 3 is 2.21 bits per heavy atom. The molecule has 1 fully saturated rings. The number of benzene rings is 2. The number of halogens is 2. The highest BCUT2D eigenvalue weighted by atomic mass is 35.5. The fourth-order valence-corrected chi connectivity index (χ4v) is 3.01. The Morgan fingerprint density at radius 1 is 0.958 bits per heavy atom. The third-order valence-corrected chi connectivity index (χ3v) is 3.97. The summed E-state index contributed by atoms with van der Waals surface area (Å²) >= 11 is 11.8. The molecule has 3 amide bonds. The predicted molar refractivity (Wildman–Crippen MR) is 92.6 cm³/mol. The van der Waals surface area contributed by atoms with Crippen LogP contribution < -0.4 is 10.2 Å². The zero-order valence-electron chi connectivity index (χ0n) is 12.4. The first-order chi connectivity index (χ1) is 11.4. The molecule has 0 aliphatic carbocycles. The van der Waals surface area contributed by atoms with Crippen LogP contribution in [0.3, 0.4) is 0 Å². The van der Waals surface area contributed by atoms with Crippen molar-refractivity contribution in [1.82, 2.24) is 0 Å². The largest absolute Gasteiger partial charge is 0.322 e. The second-order valence-electron chi connectivity index (χ2n) is 5.29. The molecule has 3 rings (SSSR count). The molecule has 1 saturated heterocycles. The van der Waals surface area contributed by atoms with E-state index in [-0.39, 0.29) is 24.7 Å². The molecule has 1 heterocycles. The molecule has 2 aromatic carbocycles. The fraction of sp³-hybridized carbons (Fsp3) is 0.118. The van der Waals surface area contributed by atoms with E-state index in [4.69, 9.17) is 23.2 Å². The van der Waals surface area contributed by atoms with Gasteiger partial charge in [-0.25, -0.2) is 0 Å². The standard InChI is InChI=1S/C17H12Cl2N2O3/c18-11-7-12(19)9-13(8-11)20-17(24)10-2-1-3-14(6-10)21-15(22)4-5-16(21)23/h1-3,6-9H,4-5H2,(H,20,24). The van der Waals surface area contributed by atoms with Crippen LogP contribution in [0.5, 0.6) is 0 Å². The summed E-state index contributed by atoms with van der Waals surface area (Å²) in [5.41, 5.74) is 1.16. The Balaban J connectivity index is 1.84. The maximum Gasteiger partial charge on any atom is 0.255 e. The van der Waals surface area contributed by atoms with Crippen molar-refractivity contribution in [2.24, 2.45) is 0 Å². The molecule has 0 atom stereocenters. The van der Waals surface area contributed by atoms with Gasteiger partial charge in [0.1, 0.15) is 0 Å². The molecule has 1 N–H and O–H groups in total. The molecule has 24 heavy (non-hydrogen) atoms. The molecule has 1 aliphatic heterocycles. The molecule has 1 aliphatic rings. The number of rotatable bonds is 3. The Hall–Kier alpha value is -2.37. The lowest BCUT2D eigenvalue weighted by molar-refractivity contribution is -0.121. The van der Waals surface area contributed by atoms with Gasteiger partial charge in [0.05, 0.1) is 5.69 Å². The van der Waals surface area contributed by atoms with Gasteiger partial charge in [0.15, 0.2) is 0 Å². The normalized spacial score (nSPS) is 14.2. The Bertz CT molecular complexity index is 815. The third-order valence-electron chi connectivity index (χ3n) is 3.54. The molecule has 0 bridgehead atoms. The van der Waals surface area contributed by atoms with Crippen LogP contribution in [0.25, 0.3) is 0 Å². The monoisotopic (exact) mass is 362 g/mol. The number of hydrogen-bond acceptors (Lipinski definition) is 3. The summed E-state index contributed by atoms with van der Waals surface area (Å²) in [7, 11) is 0. The molecule has 7 heteroatoms. The summed E-state index contributed by atoms with van der Waals surface area (Å²) in [5.74, 6) is -0.923. The SMILES string of the molecule is O=C(Nc1cc(Cl)cc(Cl)c1)c1cccc(N2C(=O)CCC2=O)c1. The quantitative estimate of drug-likeness (QED) is 0.842. The number of amides is 3. The maximum absolute atomic E-state index is 12.4. The van der Waals surface area contributed by atoms with E-state index in [1.54, 1.807) is 36.4 Å². The van der Waals surface area contributed by atoms with Crippen molar-refractivity contribution in [3.8, 4) is 0 Å². The van der Waals surface area contributed by atoms with Crippen LogP contribution in [-0.4, -0.2) is 17.7 Å². The summed E-state index contributed by atoms with van der Waals surface area (Å²) in [4.78, 5) is 37.1. The maximum atomic E-state index is 12.4. The number of anilines is 2. The third kappa shape index (κ3) is 3.42. The lowest BCUT2D eigenvalue weighted by Crippen LogP contribution is -2.28. The number of carbonyl (C=O) groups is 3.